The van der Waals surface area contributed by atoms with Gasteiger partial charge in [0.2, 0.25) is 5.91 Å². The molecule has 0 unspecified atom stereocenters. The summed E-state index contributed by atoms with van der Waals surface area (Å²) in [5, 5.41) is 0. The number of hydrogen-bond acceptors (Lipinski definition) is 2. The summed E-state index contributed by atoms with van der Waals surface area (Å²) in [6.45, 7) is 0.625. The van der Waals surface area contributed by atoms with Crippen LogP contribution >= 0.6 is 15.9 Å². The highest BCUT2D eigenvalue weighted by Gasteiger charge is 2.34. The highest BCUT2D eigenvalue weighted by Crippen LogP contribution is 2.22. The van der Waals surface area contributed by atoms with Crippen molar-refractivity contribution < 1.29 is 4.79 Å². The van der Waals surface area contributed by atoms with Gasteiger partial charge in [0.1, 0.15) is 6.04 Å². The van der Waals surface area contributed by atoms with Gasteiger partial charge in [-0.15, -0.1) is 0 Å². The predicted octanol–water partition coefficient (Wildman–Crippen LogP) is 1.12. The number of hydrogen-bond donors (Lipinski definition) is 1. The van der Waals surface area contributed by atoms with E-state index >= 15 is 0 Å². The molecule has 0 aliphatic carbocycles. The second kappa shape index (κ2) is 3.12. The average molecular weight is 241 g/mol. The van der Waals surface area contributed by atoms with Gasteiger partial charge >= 0.3 is 0 Å². The van der Waals surface area contributed by atoms with Crippen molar-refractivity contribution in [3.05, 3.63) is 28.7 Å². The number of amides is 1. The van der Waals surface area contributed by atoms with Crippen LogP contribution in [0.25, 0.3) is 0 Å². The Labute approximate surface area is 84.6 Å². The van der Waals surface area contributed by atoms with Crippen molar-refractivity contribution in [2.24, 2.45) is 5.73 Å². The fourth-order valence-corrected chi connectivity index (χ4v) is 1.57. The van der Waals surface area contributed by atoms with Crippen LogP contribution in [0.2, 0.25) is 0 Å². The summed E-state index contributed by atoms with van der Waals surface area (Å²) in [6, 6.07) is 7.31. The fraction of sp³-hybridized carbons (Fsp3) is 0.222. The minimum atomic E-state index is -0.302. The van der Waals surface area contributed by atoms with E-state index in [0.717, 1.165) is 10.2 Å². The van der Waals surface area contributed by atoms with Gasteiger partial charge in [0.15, 0.2) is 0 Å². The van der Waals surface area contributed by atoms with Gasteiger partial charge < -0.3 is 10.6 Å². The lowest BCUT2D eigenvalue weighted by Gasteiger charge is -2.36. The molecule has 0 aromatic heterocycles. The first kappa shape index (κ1) is 8.72. The van der Waals surface area contributed by atoms with Crippen LogP contribution in [0.4, 0.5) is 5.69 Å². The van der Waals surface area contributed by atoms with Crippen LogP contribution < -0.4 is 10.6 Å². The maximum atomic E-state index is 11.2. The van der Waals surface area contributed by atoms with Gasteiger partial charge in [-0.2, -0.15) is 0 Å². The van der Waals surface area contributed by atoms with Gasteiger partial charge in [0.05, 0.1) is 6.54 Å². The minimum Gasteiger partial charge on any atom is -0.318 e. The number of nitrogens with two attached hydrogens (primary N) is 1. The molecule has 1 aliphatic heterocycles. The molecule has 4 heteroatoms. The van der Waals surface area contributed by atoms with Gasteiger partial charge in [-0.25, -0.2) is 0 Å². The SMILES string of the molecule is N[C@H]1CN(c2ccc(Br)cc2)C1=O. The lowest BCUT2D eigenvalue weighted by molar-refractivity contribution is -0.123. The van der Waals surface area contributed by atoms with E-state index in [2.05, 4.69) is 15.9 Å². The maximum absolute atomic E-state index is 11.2. The monoisotopic (exact) mass is 240 g/mol. The average Bonchev–Trinajstić information content (AvgIpc) is 2.15. The molecule has 1 fully saturated rings. The highest BCUT2D eigenvalue weighted by atomic mass is 79.9. The standard InChI is InChI=1S/C9H9BrN2O/c10-6-1-3-7(4-2-6)12-5-8(11)9(12)13/h1-4,8H,5,11H2/t8-/m0/s1. The van der Waals surface area contributed by atoms with Crippen molar-refractivity contribution >= 4 is 27.5 Å². The van der Waals surface area contributed by atoms with Crippen molar-refractivity contribution in [3.8, 4) is 0 Å². The number of nitrogens with zero attached hydrogens (tertiary/aromatic N) is 1. The Kier molecular flexibility index (Phi) is 2.09. The topological polar surface area (TPSA) is 46.3 Å². The van der Waals surface area contributed by atoms with E-state index in [1.807, 2.05) is 24.3 Å². The smallest absolute Gasteiger partial charge is 0.245 e. The molecule has 1 aromatic carbocycles. The molecule has 2 N–H and O–H groups in total. The van der Waals surface area contributed by atoms with Gasteiger partial charge in [-0.05, 0) is 24.3 Å². The summed E-state index contributed by atoms with van der Waals surface area (Å²) in [7, 11) is 0. The number of carbonyl (C=O) groups excluding carboxylic acids is 1. The summed E-state index contributed by atoms with van der Waals surface area (Å²) < 4.78 is 1.01. The molecule has 2 rings (SSSR count). The Hall–Kier alpha value is -0.870. The largest absolute Gasteiger partial charge is 0.318 e. The van der Waals surface area contributed by atoms with Crippen LogP contribution in [0.1, 0.15) is 0 Å². The van der Waals surface area contributed by atoms with Crippen LogP contribution in [-0.2, 0) is 4.79 Å². The lowest BCUT2D eigenvalue weighted by atomic mass is 10.1. The number of rotatable bonds is 1. The third kappa shape index (κ3) is 1.47. The molecule has 0 radical (unpaired) electrons. The van der Waals surface area contributed by atoms with E-state index in [1.165, 1.54) is 0 Å². The number of halogens is 1. The van der Waals surface area contributed by atoms with E-state index in [-0.39, 0.29) is 11.9 Å². The van der Waals surface area contributed by atoms with Gasteiger partial charge in [0, 0.05) is 10.2 Å². The minimum absolute atomic E-state index is 0.00215. The molecule has 68 valence electrons. The number of benzene rings is 1. The summed E-state index contributed by atoms with van der Waals surface area (Å²) >= 11 is 3.33. The zero-order valence-corrected chi connectivity index (χ0v) is 8.49. The lowest BCUT2D eigenvalue weighted by Crippen LogP contribution is -2.61. The van der Waals surface area contributed by atoms with Crippen molar-refractivity contribution in [1.82, 2.24) is 0 Å². The van der Waals surface area contributed by atoms with E-state index in [0.29, 0.717) is 6.54 Å². The fourth-order valence-electron chi connectivity index (χ4n) is 1.31. The predicted molar refractivity (Wildman–Crippen MR) is 54.5 cm³/mol. The summed E-state index contributed by atoms with van der Waals surface area (Å²) in [6.07, 6.45) is 0. The molecule has 1 amide bonds. The zero-order valence-electron chi connectivity index (χ0n) is 6.90. The summed E-state index contributed by atoms with van der Waals surface area (Å²) in [4.78, 5) is 12.9. The first-order chi connectivity index (χ1) is 6.18. The second-order valence-corrected chi connectivity index (χ2v) is 3.95. The molecule has 3 nitrogen and oxygen atoms in total. The molecule has 0 saturated carbocycles. The molecule has 1 aliphatic rings. The number of carbonyl (C=O) groups is 1. The Morgan fingerprint density at radius 2 is 2.00 bits per heavy atom. The normalized spacial score (nSPS) is 21.5. The van der Waals surface area contributed by atoms with Crippen molar-refractivity contribution in [1.29, 1.82) is 0 Å². The van der Waals surface area contributed by atoms with Crippen LogP contribution in [-0.4, -0.2) is 18.5 Å². The molecule has 1 heterocycles. The van der Waals surface area contributed by atoms with Crippen LogP contribution in [0.15, 0.2) is 28.7 Å². The van der Waals surface area contributed by atoms with Crippen LogP contribution in [0.3, 0.4) is 0 Å². The highest BCUT2D eigenvalue weighted by molar-refractivity contribution is 9.10. The zero-order chi connectivity index (χ0) is 9.42. The maximum Gasteiger partial charge on any atom is 0.245 e. The van der Waals surface area contributed by atoms with E-state index < -0.39 is 0 Å². The van der Waals surface area contributed by atoms with E-state index in [4.69, 9.17) is 5.73 Å². The number of β-lactam (4-membered cyclic amide) rings is 1. The molecule has 1 atom stereocenters. The van der Waals surface area contributed by atoms with Gasteiger partial charge in [-0.1, -0.05) is 15.9 Å². The third-order valence-corrected chi connectivity index (χ3v) is 2.63. The molecule has 1 saturated heterocycles. The Bertz CT molecular complexity index is 336. The van der Waals surface area contributed by atoms with Crippen molar-refractivity contribution in [2.75, 3.05) is 11.4 Å². The molecular formula is C9H9BrN2O. The summed E-state index contributed by atoms with van der Waals surface area (Å²) in [5.41, 5.74) is 6.39. The molecular weight excluding hydrogens is 232 g/mol. The molecule has 13 heavy (non-hydrogen) atoms. The Morgan fingerprint density at radius 1 is 1.38 bits per heavy atom. The van der Waals surface area contributed by atoms with Gasteiger partial charge in [-0.3, -0.25) is 4.79 Å². The van der Waals surface area contributed by atoms with E-state index in [9.17, 15) is 4.79 Å². The molecule has 0 spiro atoms. The van der Waals surface area contributed by atoms with E-state index in [1.54, 1.807) is 4.90 Å². The van der Waals surface area contributed by atoms with Crippen molar-refractivity contribution in [3.63, 3.8) is 0 Å². The first-order valence-electron chi connectivity index (χ1n) is 4.01. The first-order valence-corrected chi connectivity index (χ1v) is 4.80. The van der Waals surface area contributed by atoms with Crippen LogP contribution in [0, 0.1) is 0 Å². The Balaban J connectivity index is 2.19. The Morgan fingerprint density at radius 3 is 2.46 bits per heavy atom. The third-order valence-electron chi connectivity index (χ3n) is 2.10. The second-order valence-electron chi connectivity index (χ2n) is 3.03. The van der Waals surface area contributed by atoms with Crippen LogP contribution in [0.5, 0.6) is 0 Å². The van der Waals surface area contributed by atoms with Gasteiger partial charge in [0.25, 0.3) is 0 Å². The molecule has 0 bridgehead atoms. The van der Waals surface area contributed by atoms with Crippen molar-refractivity contribution in [2.45, 2.75) is 6.04 Å². The number of anilines is 1. The molecule has 1 aromatic rings. The summed E-state index contributed by atoms with van der Waals surface area (Å²) in [5.74, 6) is 0.00215. The quantitative estimate of drug-likeness (QED) is 0.749.